The maximum Gasteiger partial charge on any atom is 0.224 e. The molecule has 0 bridgehead atoms. The third-order valence-electron chi connectivity index (χ3n) is 4.46. The van der Waals surface area contributed by atoms with Gasteiger partial charge in [0.1, 0.15) is 11.6 Å². The highest BCUT2D eigenvalue weighted by molar-refractivity contribution is 5.87. The molecule has 2 aromatic heterocycles. The number of fused-ring (bicyclic) bond motifs is 1. The average molecular weight is 343 g/mol. The number of phenolic OH excluding ortho intramolecular Hbond substituents is 1. The van der Waals surface area contributed by atoms with Gasteiger partial charge in [0.2, 0.25) is 5.95 Å². The first kappa shape index (κ1) is 15.9. The number of anilines is 1. The largest absolute Gasteiger partial charge is 0.508 e. The first-order valence-corrected chi connectivity index (χ1v) is 8.09. The zero-order chi connectivity index (χ0) is 17.6. The van der Waals surface area contributed by atoms with E-state index in [0.29, 0.717) is 36.6 Å². The number of nitrogens with one attached hydrogen (secondary N) is 1. The molecule has 4 N–H and O–H groups in total. The summed E-state index contributed by atoms with van der Waals surface area (Å²) in [5.74, 6) is -0.107. The highest BCUT2D eigenvalue weighted by atomic mass is 19.1. The van der Waals surface area contributed by atoms with Crippen LogP contribution in [0.15, 0.2) is 36.4 Å². The Morgan fingerprint density at radius 1 is 1.08 bits per heavy atom. The van der Waals surface area contributed by atoms with Gasteiger partial charge >= 0.3 is 0 Å². The van der Waals surface area contributed by atoms with E-state index in [2.05, 4.69) is 9.97 Å². The molecule has 0 aliphatic carbocycles. The van der Waals surface area contributed by atoms with Gasteiger partial charge in [-0.15, -0.1) is 0 Å². The Labute approximate surface area is 143 Å². The molecule has 2 atom stereocenters. The Morgan fingerprint density at radius 3 is 2.56 bits per heavy atom. The number of nitrogens with zero attached hydrogens (tertiary/aromatic N) is 2. The number of rotatable bonds is 2. The molecule has 3 aromatic rings. The van der Waals surface area contributed by atoms with Crippen LogP contribution in [0.25, 0.3) is 22.2 Å². The lowest BCUT2D eigenvalue weighted by Gasteiger charge is -2.34. The summed E-state index contributed by atoms with van der Waals surface area (Å²) < 4.78 is 14.6. The second-order valence-electron chi connectivity index (χ2n) is 6.41. The molecule has 0 amide bonds. The molecule has 1 aliphatic heterocycles. The fourth-order valence-electron chi connectivity index (χ4n) is 3.30. The molecule has 0 saturated carbocycles. The van der Waals surface area contributed by atoms with Crippen LogP contribution in [-0.2, 0) is 0 Å². The molecule has 0 radical (unpaired) electrons. The van der Waals surface area contributed by atoms with Crippen LogP contribution in [0.1, 0.15) is 6.42 Å². The van der Waals surface area contributed by atoms with E-state index in [4.69, 9.17) is 0 Å². The minimum absolute atomic E-state index is 0.147. The fourth-order valence-corrected chi connectivity index (χ4v) is 3.30. The maximum atomic E-state index is 14.6. The number of pyridine rings is 1. The Hall–Kier alpha value is -2.64. The van der Waals surface area contributed by atoms with Crippen LogP contribution in [0, 0.1) is 5.95 Å². The molecule has 6 nitrogen and oxygen atoms in total. The molecule has 1 saturated heterocycles. The van der Waals surface area contributed by atoms with Gasteiger partial charge in [0.05, 0.1) is 23.5 Å². The summed E-state index contributed by atoms with van der Waals surface area (Å²) in [5, 5.41) is 29.9. The van der Waals surface area contributed by atoms with Crippen LogP contribution in [-0.4, -0.2) is 50.6 Å². The Bertz CT molecular complexity index is 917. The van der Waals surface area contributed by atoms with Crippen molar-refractivity contribution in [3.05, 3.63) is 42.3 Å². The number of H-pyrrole nitrogens is 1. The van der Waals surface area contributed by atoms with E-state index in [1.807, 2.05) is 0 Å². The SMILES string of the molecule is Oc1ccc2[nH]c(-c3ccc(N4C[C@H](O)C[C@H](O)C4)nc3F)cc2c1. The van der Waals surface area contributed by atoms with E-state index >= 15 is 0 Å². The zero-order valence-corrected chi connectivity index (χ0v) is 13.4. The number of β-amino-alcohol motifs (C(OH)–C–C–N with tert-alkyl or cyclic N) is 2. The molecular weight excluding hydrogens is 325 g/mol. The van der Waals surface area contributed by atoms with E-state index < -0.39 is 18.2 Å². The van der Waals surface area contributed by atoms with Gasteiger partial charge in [0.25, 0.3) is 0 Å². The van der Waals surface area contributed by atoms with Gasteiger partial charge in [0.15, 0.2) is 0 Å². The van der Waals surface area contributed by atoms with Crippen molar-refractivity contribution in [2.75, 3.05) is 18.0 Å². The molecule has 130 valence electrons. The van der Waals surface area contributed by atoms with Gasteiger partial charge in [-0.25, -0.2) is 4.98 Å². The van der Waals surface area contributed by atoms with Crippen molar-refractivity contribution in [2.45, 2.75) is 18.6 Å². The predicted octanol–water partition coefficient (Wildman–Crippen LogP) is 2.01. The monoisotopic (exact) mass is 343 g/mol. The first-order valence-electron chi connectivity index (χ1n) is 8.09. The van der Waals surface area contributed by atoms with Gasteiger partial charge in [-0.2, -0.15) is 4.39 Å². The number of aliphatic hydroxyl groups excluding tert-OH is 2. The van der Waals surface area contributed by atoms with Crippen LogP contribution < -0.4 is 4.90 Å². The lowest BCUT2D eigenvalue weighted by atomic mass is 10.1. The average Bonchev–Trinajstić information content (AvgIpc) is 2.96. The van der Waals surface area contributed by atoms with E-state index in [1.165, 1.54) is 0 Å². The van der Waals surface area contributed by atoms with Crippen molar-refractivity contribution in [3.8, 4) is 17.0 Å². The molecular formula is C18H18FN3O3. The lowest BCUT2D eigenvalue weighted by Crippen LogP contribution is -2.46. The van der Waals surface area contributed by atoms with Gasteiger partial charge in [-0.3, -0.25) is 0 Å². The second kappa shape index (κ2) is 6.02. The van der Waals surface area contributed by atoms with Crippen LogP contribution in [0.3, 0.4) is 0 Å². The van der Waals surface area contributed by atoms with Crippen molar-refractivity contribution in [2.24, 2.45) is 0 Å². The van der Waals surface area contributed by atoms with E-state index in [-0.39, 0.29) is 5.75 Å². The smallest absolute Gasteiger partial charge is 0.224 e. The summed E-state index contributed by atoms with van der Waals surface area (Å²) in [6, 6.07) is 9.94. The molecule has 1 fully saturated rings. The quantitative estimate of drug-likeness (QED) is 0.534. The summed E-state index contributed by atoms with van der Waals surface area (Å²) in [6.07, 6.45) is -0.997. The van der Waals surface area contributed by atoms with Crippen LogP contribution in [0.4, 0.5) is 10.2 Å². The normalized spacial score (nSPS) is 21.0. The highest BCUT2D eigenvalue weighted by Crippen LogP contribution is 2.29. The number of aliphatic hydroxyl groups is 2. The van der Waals surface area contributed by atoms with Gasteiger partial charge in [-0.05, 0) is 36.4 Å². The van der Waals surface area contributed by atoms with E-state index in [9.17, 15) is 19.7 Å². The van der Waals surface area contributed by atoms with Crippen molar-refractivity contribution >= 4 is 16.7 Å². The summed E-state index contributed by atoms with van der Waals surface area (Å²) in [7, 11) is 0. The third-order valence-corrected chi connectivity index (χ3v) is 4.46. The Kier molecular flexibility index (Phi) is 3.82. The highest BCUT2D eigenvalue weighted by Gasteiger charge is 2.26. The molecule has 4 rings (SSSR count). The molecule has 25 heavy (non-hydrogen) atoms. The number of hydrogen-bond donors (Lipinski definition) is 4. The molecule has 0 unspecified atom stereocenters. The number of aromatic hydroxyl groups is 1. The molecule has 1 aliphatic rings. The molecule has 7 heteroatoms. The summed E-state index contributed by atoms with van der Waals surface area (Å²) in [6.45, 7) is 0.628. The predicted molar refractivity (Wildman–Crippen MR) is 92.0 cm³/mol. The van der Waals surface area contributed by atoms with E-state index in [0.717, 1.165) is 10.9 Å². The summed E-state index contributed by atoms with van der Waals surface area (Å²) >= 11 is 0. The minimum atomic E-state index is -0.658. The first-order chi connectivity index (χ1) is 12.0. The Balaban J connectivity index is 1.67. The summed E-state index contributed by atoms with van der Waals surface area (Å²) in [5.41, 5.74) is 1.67. The van der Waals surface area contributed by atoms with Gasteiger partial charge < -0.3 is 25.2 Å². The molecule has 0 spiro atoms. The zero-order valence-electron chi connectivity index (χ0n) is 13.4. The Morgan fingerprint density at radius 2 is 1.84 bits per heavy atom. The van der Waals surface area contributed by atoms with E-state index in [1.54, 1.807) is 41.3 Å². The fraction of sp³-hybridized carbons (Fsp3) is 0.278. The number of hydrogen-bond acceptors (Lipinski definition) is 5. The second-order valence-corrected chi connectivity index (χ2v) is 6.41. The summed E-state index contributed by atoms with van der Waals surface area (Å²) in [4.78, 5) is 8.78. The van der Waals surface area contributed by atoms with Crippen molar-refractivity contribution in [3.63, 3.8) is 0 Å². The minimum Gasteiger partial charge on any atom is -0.508 e. The number of phenols is 1. The number of piperidine rings is 1. The standard InChI is InChI=1S/C18H18FN3O3/c19-18-14(16-6-10-5-11(23)1-3-15(10)20-16)2-4-17(21-18)22-8-12(24)7-13(25)9-22/h1-6,12-13,20,23-25H,7-9H2/t12-,13+. The van der Waals surface area contributed by atoms with Crippen LogP contribution >= 0.6 is 0 Å². The van der Waals surface area contributed by atoms with Crippen LogP contribution in [0.2, 0.25) is 0 Å². The molecule has 1 aromatic carbocycles. The van der Waals surface area contributed by atoms with Gasteiger partial charge in [-0.1, -0.05) is 0 Å². The lowest BCUT2D eigenvalue weighted by molar-refractivity contribution is 0.0648. The number of aromatic amines is 1. The number of aromatic nitrogens is 2. The van der Waals surface area contributed by atoms with Crippen molar-refractivity contribution in [1.29, 1.82) is 0 Å². The molecule has 3 heterocycles. The third kappa shape index (κ3) is 3.04. The maximum absolute atomic E-state index is 14.6. The van der Waals surface area contributed by atoms with Crippen LogP contribution in [0.5, 0.6) is 5.75 Å². The van der Waals surface area contributed by atoms with Gasteiger partial charge in [0, 0.05) is 30.4 Å². The topological polar surface area (TPSA) is 92.6 Å². The number of halogens is 1. The number of benzene rings is 1. The van der Waals surface area contributed by atoms with Crippen molar-refractivity contribution in [1.82, 2.24) is 9.97 Å². The van der Waals surface area contributed by atoms with Crippen molar-refractivity contribution < 1.29 is 19.7 Å².